The number of rotatable bonds is 5. The van der Waals surface area contributed by atoms with Crippen LogP contribution in [0.15, 0.2) is 36.4 Å². The van der Waals surface area contributed by atoms with Gasteiger partial charge in [0.25, 0.3) is 0 Å². The number of nitrogens with one attached hydrogen (secondary N) is 1. The Kier molecular flexibility index (Phi) is 5.21. The highest BCUT2D eigenvalue weighted by atomic mass is 35.5. The first-order valence-corrected chi connectivity index (χ1v) is 7.18. The average Bonchev–Trinajstić information content (AvgIpc) is 2.48. The van der Waals surface area contributed by atoms with Crippen molar-refractivity contribution in [2.24, 2.45) is 0 Å². The van der Waals surface area contributed by atoms with E-state index in [1.165, 1.54) is 6.07 Å². The summed E-state index contributed by atoms with van der Waals surface area (Å²) in [5.74, 6) is 0.618. The lowest BCUT2D eigenvalue weighted by Crippen LogP contribution is -2.19. The molecule has 0 aromatic heterocycles. The van der Waals surface area contributed by atoms with Gasteiger partial charge in [-0.1, -0.05) is 23.7 Å². The molecule has 1 atom stereocenters. The first kappa shape index (κ1) is 15.8. The van der Waals surface area contributed by atoms with Crippen LogP contribution in [0.1, 0.15) is 22.7 Å². The molecule has 0 saturated carbocycles. The summed E-state index contributed by atoms with van der Waals surface area (Å²) in [7, 11) is 3.52. The molecule has 21 heavy (non-hydrogen) atoms. The van der Waals surface area contributed by atoms with Gasteiger partial charge in [0, 0.05) is 11.1 Å². The predicted octanol–water partition coefficient (Wildman–Crippen LogP) is 4.30. The summed E-state index contributed by atoms with van der Waals surface area (Å²) in [5, 5.41) is 3.78. The zero-order valence-electron chi connectivity index (χ0n) is 12.4. The van der Waals surface area contributed by atoms with Crippen LogP contribution >= 0.6 is 11.6 Å². The molecule has 112 valence electrons. The van der Waals surface area contributed by atoms with E-state index in [9.17, 15) is 4.39 Å². The van der Waals surface area contributed by atoms with Crippen molar-refractivity contribution < 1.29 is 9.13 Å². The van der Waals surface area contributed by atoms with Gasteiger partial charge < -0.3 is 10.1 Å². The maximum Gasteiger partial charge on any atom is 0.126 e. The SMILES string of the molecule is CNC(Cc1cc(Cl)ccc1F)c1ccc(OC)c(C)c1. The van der Waals surface area contributed by atoms with Crippen LogP contribution in [-0.2, 0) is 6.42 Å². The second-order valence-corrected chi connectivity index (χ2v) is 5.45. The Labute approximate surface area is 129 Å². The van der Waals surface area contributed by atoms with Crippen molar-refractivity contribution in [3.05, 3.63) is 63.9 Å². The summed E-state index contributed by atoms with van der Waals surface area (Å²) in [6.45, 7) is 2.00. The molecule has 0 aliphatic heterocycles. The minimum absolute atomic E-state index is 0.0163. The lowest BCUT2D eigenvalue weighted by molar-refractivity contribution is 0.411. The second kappa shape index (κ2) is 6.92. The molecule has 0 fully saturated rings. The first-order valence-electron chi connectivity index (χ1n) is 6.81. The number of ether oxygens (including phenoxy) is 1. The topological polar surface area (TPSA) is 21.3 Å². The van der Waals surface area contributed by atoms with Crippen LogP contribution in [0.3, 0.4) is 0 Å². The van der Waals surface area contributed by atoms with Crippen molar-refractivity contribution in [2.75, 3.05) is 14.2 Å². The second-order valence-electron chi connectivity index (χ2n) is 5.01. The predicted molar refractivity (Wildman–Crippen MR) is 84.6 cm³/mol. The molecule has 0 radical (unpaired) electrons. The normalized spacial score (nSPS) is 12.2. The average molecular weight is 308 g/mol. The third-order valence-corrected chi connectivity index (χ3v) is 3.84. The van der Waals surface area contributed by atoms with Gasteiger partial charge in [-0.3, -0.25) is 0 Å². The van der Waals surface area contributed by atoms with E-state index < -0.39 is 0 Å². The van der Waals surface area contributed by atoms with Crippen molar-refractivity contribution in [3.8, 4) is 5.75 Å². The van der Waals surface area contributed by atoms with Gasteiger partial charge in [-0.05, 0) is 61.3 Å². The van der Waals surface area contributed by atoms with Crippen LogP contribution < -0.4 is 10.1 Å². The fourth-order valence-corrected chi connectivity index (χ4v) is 2.62. The number of benzene rings is 2. The Balaban J connectivity index is 2.27. The molecule has 1 unspecified atom stereocenters. The third kappa shape index (κ3) is 3.74. The van der Waals surface area contributed by atoms with Gasteiger partial charge in [0.05, 0.1) is 7.11 Å². The van der Waals surface area contributed by atoms with Crippen molar-refractivity contribution in [2.45, 2.75) is 19.4 Å². The van der Waals surface area contributed by atoms with Gasteiger partial charge in [0.2, 0.25) is 0 Å². The van der Waals surface area contributed by atoms with Crippen molar-refractivity contribution in [1.82, 2.24) is 5.32 Å². The summed E-state index contributed by atoms with van der Waals surface area (Å²) in [6, 6.07) is 10.7. The highest BCUT2D eigenvalue weighted by Gasteiger charge is 2.14. The first-order chi connectivity index (χ1) is 10.0. The molecule has 2 rings (SSSR count). The number of methoxy groups -OCH3 is 1. The van der Waals surface area contributed by atoms with E-state index in [-0.39, 0.29) is 11.9 Å². The molecule has 0 aliphatic carbocycles. The van der Waals surface area contributed by atoms with Gasteiger partial charge in [-0.25, -0.2) is 4.39 Å². The molecule has 2 aromatic carbocycles. The Morgan fingerprint density at radius 2 is 2.00 bits per heavy atom. The van der Waals surface area contributed by atoms with Gasteiger partial charge in [0.15, 0.2) is 0 Å². The summed E-state index contributed by atoms with van der Waals surface area (Å²) in [6.07, 6.45) is 0.536. The molecule has 0 bridgehead atoms. The molecule has 2 aromatic rings. The van der Waals surface area contributed by atoms with Gasteiger partial charge in [-0.2, -0.15) is 0 Å². The minimum Gasteiger partial charge on any atom is -0.496 e. The van der Waals surface area contributed by atoms with E-state index in [0.29, 0.717) is 17.0 Å². The number of halogens is 2. The molecule has 0 saturated heterocycles. The zero-order valence-corrected chi connectivity index (χ0v) is 13.2. The van der Waals surface area contributed by atoms with Gasteiger partial charge >= 0.3 is 0 Å². The third-order valence-electron chi connectivity index (χ3n) is 3.60. The van der Waals surface area contributed by atoms with Crippen molar-refractivity contribution >= 4 is 11.6 Å². The molecular weight excluding hydrogens is 289 g/mol. The Bertz CT molecular complexity index is 630. The number of hydrogen-bond acceptors (Lipinski definition) is 2. The van der Waals surface area contributed by atoms with E-state index in [1.807, 2.05) is 26.1 Å². The smallest absolute Gasteiger partial charge is 0.126 e. The Hall–Kier alpha value is -1.58. The highest BCUT2D eigenvalue weighted by Crippen LogP contribution is 2.26. The molecule has 0 heterocycles. The fraction of sp³-hybridized carbons (Fsp3) is 0.294. The van der Waals surface area contributed by atoms with E-state index in [4.69, 9.17) is 16.3 Å². The lowest BCUT2D eigenvalue weighted by Gasteiger charge is -2.19. The molecule has 1 N–H and O–H groups in total. The number of aryl methyl sites for hydroxylation is 1. The number of hydrogen-bond donors (Lipinski definition) is 1. The summed E-state index contributed by atoms with van der Waals surface area (Å²) in [5.41, 5.74) is 2.76. The monoisotopic (exact) mass is 307 g/mol. The van der Waals surface area contributed by atoms with Crippen molar-refractivity contribution in [3.63, 3.8) is 0 Å². The summed E-state index contributed by atoms with van der Waals surface area (Å²) in [4.78, 5) is 0. The van der Waals surface area contributed by atoms with E-state index in [2.05, 4.69) is 11.4 Å². The zero-order chi connectivity index (χ0) is 15.4. The van der Waals surface area contributed by atoms with E-state index in [0.717, 1.165) is 16.9 Å². The molecule has 0 spiro atoms. The van der Waals surface area contributed by atoms with Crippen molar-refractivity contribution in [1.29, 1.82) is 0 Å². The van der Waals surface area contributed by atoms with Crippen LogP contribution in [0.25, 0.3) is 0 Å². The molecule has 4 heteroatoms. The van der Waals surface area contributed by atoms with Crippen LogP contribution in [0.4, 0.5) is 4.39 Å². The van der Waals surface area contributed by atoms with Crippen LogP contribution in [0.5, 0.6) is 5.75 Å². The van der Waals surface area contributed by atoms with Crippen LogP contribution in [-0.4, -0.2) is 14.2 Å². The Morgan fingerprint density at radius 1 is 1.24 bits per heavy atom. The maximum absolute atomic E-state index is 13.9. The summed E-state index contributed by atoms with van der Waals surface area (Å²) >= 11 is 5.95. The molecular formula is C17H19ClFNO. The summed E-state index contributed by atoms with van der Waals surface area (Å²) < 4.78 is 19.1. The van der Waals surface area contributed by atoms with Gasteiger partial charge in [-0.15, -0.1) is 0 Å². The molecule has 2 nitrogen and oxygen atoms in total. The van der Waals surface area contributed by atoms with E-state index in [1.54, 1.807) is 19.2 Å². The van der Waals surface area contributed by atoms with E-state index >= 15 is 0 Å². The Morgan fingerprint density at radius 3 is 2.62 bits per heavy atom. The van der Waals surface area contributed by atoms with Crippen LogP contribution in [0, 0.1) is 12.7 Å². The van der Waals surface area contributed by atoms with Gasteiger partial charge in [0.1, 0.15) is 11.6 Å². The van der Waals surface area contributed by atoms with Crippen LogP contribution in [0.2, 0.25) is 5.02 Å². The minimum atomic E-state index is -0.232. The molecule has 0 amide bonds. The standard InChI is InChI=1S/C17H19ClFNO/c1-11-8-12(4-7-17(11)21-3)16(20-2)10-13-9-14(18)5-6-15(13)19/h4-9,16,20H,10H2,1-3H3. The maximum atomic E-state index is 13.9. The number of likely N-dealkylation sites (N-methyl/N-ethyl adjacent to an activating group) is 1. The quantitative estimate of drug-likeness (QED) is 0.889. The fourth-order valence-electron chi connectivity index (χ4n) is 2.42. The molecule has 0 aliphatic rings. The largest absolute Gasteiger partial charge is 0.496 e. The highest BCUT2D eigenvalue weighted by molar-refractivity contribution is 6.30. The lowest BCUT2D eigenvalue weighted by atomic mass is 9.97.